The van der Waals surface area contributed by atoms with Crippen LogP contribution in [0.2, 0.25) is 5.02 Å². The average Bonchev–Trinajstić information content (AvgIpc) is 2.88. The van der Waals surface area contributed by atoms with Crippen molar-refractivity contribution < 1.29 is 4.74 Å². The van der Waals surface area contributed by atoms with E-state index in [1.165, 1.54) is 6.42 Å². The summed E-state index contributed by atoms with van der Waals surface area (Å²) in [6, 6.07) is 5.40. The molecular formula is C13H15ClN4O. The number of aromatic nitrogens is 3. The summed E-state index contributed by atoms with van der Waals surface area (Å²) in [6.45, 7) is 0.809. The molecule has 0 spiro atoms. The quantitative estimate of drug-likeness (QED) is 0.935. The predicted octanol–water partition coefficient (Wildman–Crippen LogP) is 3.37. The topological polar surface area (TPSA) is 52.0 Å². The van der Waals surface area contributed by atoms with Crippen molar-refractivity contribution in [2.75, 3.05) is 11.9 Å². The summed E-state index contributed by atoms with van der Waals surface area (Å²) in [6.07, 6.45) is 6.96. The van der Waals surface area contributed by atoms with Gasteiger partial charge in [0.05, 0.1) is 0 Å². The Labute approximate surface area is 116 Å². The molecule has 1 fully saturated rings. The number of pyridine rings is 1. The van der Waals surface area contributed by atoms with Gasteiger partial charge in [-0.15, -0.1) is 0 Å². The van der Waals surface area contributed by atoms with E-state index in [1.54, 1.807) is 18.3 Å². The third-order valence-corrected chi connectivity index (χ3v) is 3.27. The van der Waals surface area contributed by atoms with Gasteiger partial charge in [0.2, 0.25) is 0 Å². The van der Waals surface area contributed by atoms with Gasteiger partial charge in [-0.2, -0.15) is 5.10 Å². The zero-order valence-corrected chi connectivity index (χ0v) is 11.2. The lowest BCUT2D eigenvalue weighted by Crippen LogP contribution is -2.18. The third-order valence-electron chi connectivity index (χ3n) is 3.04. The first kappa shape index (κ1) is 12.4. The van der Waals surface area contributed by atoms with Crippen LogP contribution in [0.15, 0.2) is 30.6 Å². The first-order valence-electron chi connectivity index (χ1n) is 6.36. The molecule has 0 aromatic carbocycles. The highest BCUT2D eigenvalue weighted by molar-refractivity contribution is 6.30. The molecule has 1 aliphatic rings. The number of ether oxygens (including phenoxy) is 1. The molecule has 0 amide bonds. The number of anilines is 2. The van der Waals surface area contributed by atoms with Crippen LogP contribution in [0.25, 0.3) is 0 Å². The van der Waals surface area contributed by atoms with Crippen molar-refractivity contribution in [3.8, 4) is 0 Å². The lowest BCUT2D eigenvalue weighted by Gasteiger charge is -2.22. The van der Waals surface area contributed by atoms with E-state index in [2.05, 4.69) is 15.4 Å². The van der Waals surface area contributed by atoms with Gasteiger partial charge >= 0.3 is 0 Å². The number of hydrogen-bond donors (Lipinski definition) is 1. The second-order valence-corrected chi connectivity index (χ2v) is 4.92. The maximum atomic E-state index is 5.91. The summed E-state index contributed by atoms with van der Waals surface area (Å²) in [5, 5.41) is 8.22. The maximum absolute atomic E-state index is 5.91. The first-order valence-corrected chi connectivity index (χ1v) is 6.74. The van der Waals surface area contributed by atoms with Crippen LogP contribution < -0.4 is 5.32 Å². The smallest absolute Gasteiger partial charge is 0.153 e. The van der Waals surface area contributed by atoms with Gasteiger partial charge in [0.25, 0.3) is 0 Å². The minimum absolute atomic E-state index is 0.0524. The van der Waals surface area contributed by atoms with Gasteiger partial charge in [0.15, 0.2) is 5.82 Å². The van der Waals surface area contributed by atoms with E-state index >= 15 is 0 Å². The molecule has 0 bridgehead atoms. The molecule has 0 aliphatic carbocycles. The summed E-state index contributed by atoms with van der Waals surface area (Å²) in [7, 11) is 0. The largest absolute Gasteiger partial charge is 0.357 e. The maximum Gasteiger partial charge on any atom is 0.153 e. The van der Waals surface area contributed by atoms with Crippen molar-refractivity contribution in [1.29, 1.82) is 0 Å². The molecule has 6 heteroatoms. The van der Waals surface area contributed by atoms with Crippen molar-refractivity contribution in [3.05, 3.63) is 35.6 Å². The zero-order valence-electron chi connectivity index (χ0n) is 10.4. The Hall–Kier alpha value is -1.59. The van der Waals surface area contributed by atoms with Crippen LogP contribution in [0.4, 0.5) is 11.6 Å². The Bertz CT molecular complexity index is 551. The van der Waals surface area contributed by atoms with Crippen LogP contribution in [-0.2, 0) is 4.74 Å². The Balaban J connectivity index is 1.70. The van der Waals surface area contributed by atoms with Gasteiger partial charge in [-0.3, -0.25) is 0 Å². The van der Waals surface area contributed by atoms with E-state index in [0.29, 0.717) is 10.8 Å². The highest BCUT2D eigenvalue weighted by atomic mass is 35.5. The second kappa shape index (κ2) is 5.59. The van der Waals surface area contributed by atoms with Crippen molar-refractivity contribution in [2.24, 2.45) is 0 Å². The molecule has 5 nitrogen and oxygen atoms in total. The molecule has 0 radical (unpaired) electrons. The number of halogens is 1. The molecule has 0 saturated carbocycles. The summed E-state index contributed by atoms with van der Waals surface area (Å²) in [5.74, 6) is 1.42. The predicted molar refractivity (Wildman–Crippen MR) is 73.6 cm³/mol. The molecule has 1 saturated heterocycles. The highest BCUT2D eigenvalue weighted by Gasteiger charge is 2.16. The average molecular weight is 279 g/mol. The van der Waals surface area contributed by atoms with E-state index in [-0.39, 0.29) is 6.23 Å². The van der Waals surface area contributed by atoms with Crippen LogP contribution in [0.3, 0.4) is 0 Å². The van der Waals surface area contributed by atoms with Crippen LogP contribution in [0, 0.1) is 0 Å². The fourth-order valence-corrected chi connectivity index (χ4v) is 2.26. The van der Waals surface area contributed by atoms with E-state index in [1.807, 2.05) is 16.9 Å². The number of hydrogen-bond acceptors (Lipinski definition) is 4. The summed E-state index contributed by atoms with van der Waals surface area (Å²) in [5.41, 5.74) is 0. The van der Waals surface area contributed by atoms with Crippen molar-refractivity contribution in [3.63, 3.8) is 0 Å². The lowest BCUT2D eigenvalue weighted by atomic mass is 10.2. The van der Waals surface area contributed by atoms with Crippen molar-refractivity contribution in [2.45, 2.75) is 25.5 Å². The van der Waals surface area contributed by atoms with Gasteiger partial charge < -0.3 is 10.1 Å². The molecule has 2 aromatic rings. The molecule has 3 rings (SSSR count). The molecular weight excluding hydrogens is 264 g/mol. The third kappa shape index (κ3) is 3.05. The minimum atomic E-state index is 0.0524. The lowest BCUT2D eigenvalue weighted by molar-refractivity contribution is -0.0393. The van der Waals surface area contributed by atoms with Gasteiger partial charge in [0.1, 0.15) is 12.0 Å². The molecule has 19 heavy (non-hydrogen) atoms. The summed E-state index contributed by atoms with van der Waals surface area (Å²) in [4.78, 5) is 4.18. The fraction of sp³-hybridized carbons (Fsp3) is 0.385. The molecule has 1 N–H and O–H groups in total. The fourth-order valence-electron chi connectivity index (χ4n) is 2.10. The van der Waals surface area contributed by atoms with Gasteiger partial charge in [-0.05, 0) is 31.4 Å². The van der Waals surface area contributed by atoms with Crippen LogP contribution >= 0.6 is 11.6 Å². The standard InChI is InChI=1S/C13H15ClN4O/c14-10-4-6-15-12(9-10)16-11-5-7-18(17-11)13-3-1-2-8-19-13/h4-7,9,13H,1-3,8H2,(H,15,16,17). The molecule has 1 unspecified atom stereocenters. The Morgan fingerprint density at radius 3 is 3.05 bits per heavy atom. The van der Waals surface area contributed by atoms with E-state index in [9.17, 15) is 0 Å². The zero-order chi connectivity index (χ0) is 13.1. The summed E-state index contributed by atoms with van der Waals surface area (Å²) >= 11 is 5.91. The van der Waals surface area contributed by atoms with E-state index < -0.39 is 0 Å². The van der Waals surface area contributed by atoms with Gasteiger partial charge in [0, 0.05) is 30.1 Å². The molecule has 1 atom stereocenters. The normalized spacial score (nSPS) is 19.3. The first-order chi connectivity index (χ1) is 9.31. The minimum Gasteiger partial charge on any atom is -0.357 e. The van der Waals surface area contributed by atoms with E-state index in [0.717, 1.165) is 25.3 Å². The molecule has 1 aliphatic heterocycles. The van der Waals surface area contributed by atoms with Crippen LogP contribution in [0.5, 0.6) is 0 Å². The highest BCUT2D eigenvalue weighted by Crippen LogP contribution is 2.23. The second-order valence-electron chi connectivity index (χ2n) is 4.49. The van der Waals surface area contributed by atoms with Crippen LogP contribution in [0.1, 0.15) is 25.5 Å². The Morgan fingerprint density at radius 2 is 2.26 bits per heavy atom. The number of rotatable bonds is 3. The summed E-state index contributed by atoms with van der Waals surface area (Å²) < 4.78 is 7.54. The van der Waals surface area contributed by atoms with E-state index in [4.69, 9.17) is 16.3 Å². The molecule has 3 heterocycles. The monoisotopic (exact) mass is 278 g/mol. The number of nitrogens with one attached hydrogen (secondary N) is 1. The van der Waals surface area contributed by atoms with Crippen molar-refractivity contribution >= 4 is 23.2 Å². The molecule has 2 aromatic heterocycles. The Kier molecular flexibility index (Phi) is 3.66. The Morgan fingerprint density at radius 1 is 1.32 bits per heavy atom. The number of nitrogens with zero attached hydrogens (tertiary/aromatic N) is 3. The van der Waals surface area contributed by atoms with Gasteiger partial charge in [-0.1, -0.05) is 11.6 Å². The SMILES string of the molecule is Clc1ccnc(Nc2ccn(C3CCCCO3)n2)c1. The van der Waals surface area contributed by atoms with Gasteiger partial charge in [-0.25, -0.2) is 9.67 Å². The van der Waals surface area contributed by atoms with Crippen molar-refractivity contribution in [1.82, 2.24) is 14.8 Å². The van der Waals surface area contributed by atoms with Crippen LogP contribution in [-0.4, -0.2) is 21.4 Å². The molecule has 100 valence electrons.